The van der Waals surface area contributed by atoms with E-state index in [2.05, 4.69) is 102 Å². The number of aryl methyl sites for hydroxylation is 1. The van der Waals surface area contributed by atoms with Crippen molar-refractivity contribution in [3.8, 4) is 0 Å². The number of rotatable bonds is 7. The molecule has 140 valence electrons. The lowest BCUT2D eigenvalue weighted by atomic mass is 9.77. The van der Waals surface area contributed by atoms with E-state index in [4.69, 9.17) is 10.7 Å². The van der Waals surface area contributed by atoms with E-state index in [1.807, 2.05) is 6.33 Å². The molecule has 4 aromatic rings. The van der Waals surface area contributed by atoms with Crippen LogP contribution >= 0.6 is 0 Å². The highest BCUT2D eigenvalue weighted by molar-refractivity contribution is 5.50. The van der Waals surface area contributed by atoms with E-state index >= 15 is 0 Å². The van der Waals surface area contributed by atoms with Gasteiger partial charge in [-0.1, -0.05) is 91.0 Å². The number of nitrogens with two attached hydrogens (primary N) is 1. The Hall–Kier alpha value is -3.17. The van der Waals surface area contributed by atoms with Gasteiger partial charge in [-0.15, -0.1) is 0 Å². The maximum atomic E-state index is 5.71. The van der Waals surface area contributed by atoms with Gasteiger partial charge in [-0.25, -0.2) is 4.98 Å². The summed E-state index contributed by atoms with van der Waals surface area (Å²) < 4.78 is 2.25. The summed E-state index contributed by atoms with van der Waals surface area (Å²) in [5, 5.41) is 0. The Morgan fingerprint density at radius 1 is 0.714 bits per heavy atom. The number of aromatic nitrogens is 2. The summed E-state index contributed by atoms with van der Waals surface area (Å²) in [5.41, 5.74) is 9.90. The average Bonchev–Trinajstić information content (AvgIpc) is 3.24. The van der Waals surface area contributed by atoms with Crippen LogP contribution in [0.5, 0.6) is 0 Å². The predicted octanol–water partition coefficient (Wildman–Crippen LogP) is 4.61. The Labute approximate surface area is 166 Å². The summed E-state index contributed by atoms with van der Waals surface area (Å²) in [4.78, 5) is 4.70. The molecule has 3 aromatic carbocycles. The third kappa shape index (κ3) is 3.25. The highest BCUT2D eigenvalue weighted by Crippen LogP contribution is 2.40. The maximum Gasteiger partial charge on any atom is 0.121 e. The molecule has 1 aromatic heterocycles. The van der Waals surface area contributed by atoms with Gasteiger partial charge in [0.15, 0.2) is 0 Å². The van der Waals surface area contributed by atoms with Gasteiger partial charge in [0.1, 0.15) is 5.54 Å². The van der Waals surface area contributed by atoms with E-state index in [-0.39, 0.29) is 0 Å². The molecule has 3 heteroatoms. The summed E-state index contributed by atoms with van der Waals surface area (Å²) in [7, 11) is 0. The van der Waals surface area contributed by atoms with E-state index in [0.29, 0.717) is 6.54 Å². The molecule has 0 atom stereocenters. The van der Waals surface area contributed by atoms with Crippen LogP contribution in [0.15, 0.2) is 104 Å². The molecule has 28 heavy (non-hydrogen) atoms. The zero-order valence-electron chi connectivity index (χ0n) is 15.9. The number of benzene rings is 3. The maximum absolute atomic E-state index is 5.71. The van der Waals surface area contributed by atoms with Gasteiger partial charge in [0.05, 0.1) is 12.0 Å². The third-order valence-corrected chi connectivity index (χ3v) is 5.24. The molecule has 0 saturated carbocycles. The van der Waals surface area contributed by atoms with Gasteiger partial charge in [0.25, 0.3) is 0 Å². The summed E-state index contributed by atoms with van der Waals surface area (Å²) in [5.74, 6) is 0. The number of hydrogen-bond acceptors (Lipinski definition) is 2. The van der Waals surface area contributed by atoms with Gasteiger partial charge in [-0.3, -0.25) is 0 Å². The first kappa shape index (κ1) is 18.2. The molecule has 0 aliphatic heterocycles. The molecule has 1 heterocycles. The minimum atomic E-state index is -0.488. The molecule has 2 N–H and O–H groups in total. The van der Waals surface area contributed by atoms with Crippen LogP contribution in [-0.4, -0.2) is 16.1 Å². The molecular weight excluding hydrogens is 342 g/mol. The zero-order chi connectivity index (χ0) is 19.2. The van der Waals surface area contributed by atoms with Crippen molar-refractivity contribution in [3.05, 3.63) is 126 Å². The minimum absolute atomic E-state index is 0.488. The molecule has 3 nitrogen and oxygen atoms in total. The van der Waals surface area contributed by atoms with Crippen molar-refractivity contribution in [1.29, 1.82) is 0 Å². The van der Waals surface area contributed by atoms with Crippen molar-refractivity contribution in [2.45, 2.75) is 18.4 Å². The highest BCUT2D eigenvalue weighted by atomic mass is 15.1. The molecule has 0 fully saturated rings. The van der Waals surface area contributed by atoms with Crippen molar-refractivity contribution in [3.63, 3.8) is 0 Å². The van der Waals surface area contributed by atoms with E-state index in [1.165, 1.54) is 16.7 Å². The quantitative estimate of drug-likeness (QED) is 0.485. The van der Waals surface area contributed by atoms with E-state index in [9.17, 15) is 0 Å². The van der Waals surface area contributed by atoms with Crippen LogP contribution in [0.25, 0.3) is 0 Å². The molecule has 0 saturated heterocycles. The molecular formula is C25H25N3. The largest absolute Gasteiger partial charge is 0.330 e. The van der Waals surface area contributed by atoms with E-state index in [1.54, 1.807) is 0 Å². The van der Waals surface area contributed by atoms with Crippen LogP contribution in [0.4, 0.5) is 0 Å². The highest BCUT2D eigenvalue weighted by Gasteiger charge is 2.38. The Kier molecular flexibility index (Phi) is 5.36. The second-order valence-corrected chi connectivity index (χ2v) is 6.97. The van der Waals surface area contributed by atoms with Gasteiger partial charge in [-0.05, 0) is 36.1 Å². The zero-order valence-corrected chi connectivity index (χ0v) is 15.9. The van der Waals surface area contributed by atoms with E-state index in [0.717, 1.165) is 18.5 Å². The van der Waals surface area contributed by atoms with Crippen LogP contribution in [0.3, 0.4) is 0 Å². The molecule has 4 rings (SSSR count). The summed E-state index contributed by atoms with van der Waals surface area (Å²) in [6.45, 7) is 0.675. The lowest BCUT2D eigenvalue weighted by Crippen LogP contribution is -2.36. The Bertz CT molecular complexity index is 895. The summed E-state index contributed by atoms with van der Waals surface area (Å²) >= 11 is 0. The van der Waals surface area contributed by atoms with Gasteiger partial charge in [0.2, 0.25) is 0 Å². The topological polar surface area (TPSA) is 43.8 Å². The van der Waals surface area contributed by atoms with E-state index < -0.39 is 5.54 Å². The Balaban J connectivity index is 2.00. The molecule has 0 spiro atoms. The van der Waals surface area contributed by atoms with Crippen LogP contribution in [0.2, 0.25) is 0 Å². The van der Waals surface area contributed by atoms with Crippen molar-refractivity contribution in [2.24, 2.45) is 5.73 Å². The Morgan fingerprint density at radius 3 is 1.61 bits per heavy atom. The summed E-state index contributed by atoms with van der Waals surface area (Å²) in [6.07, 6.45) is 5.95. The molecule has 0 aliphatic carbocycles. The standard InChI is InChI=1S/C25H25N3/c26-18-10-17-24-19-28(20-27-24)25(21-11-4-1-5-12-21,22-13-6-2-7-14-22)23-15-8-3-9-16-23/h1-9,11-16,19-20H,10,17-18,26H2. The predicted molar refractivity (Wildman–Crippen MR) is 114 cm³/mol. The van der Waals surface area contributed by atoms with Gasteiger partial charge in [-0.2, -0.15) is 0 Å². The monoisotopic (exact) mass is 367 g/mol. The molecule has 0 amide bonds. The fourth-order valence-corrected chi connectivity index (χ4v) is 3.94. The van der Waals surface area contributed by atoms with Crippen molar-refractivity contribution >= 4 is 0 Å². The van der Waals surface area contributed by atoms with Crippen molar-refractivity contribution in [2.75, 3.05) is 6.54 Å². The lowest BCUT2D eigenvalue weighted by Gasteiger charge is -2.37. The van der Waals surface area contributed by atoms with Crippen molar-refractivity contribution < 1.29 is 0 Å². The number of nitrogens with zero attached hydrogens (tertiary/aromatic N) is 2. The van der Waals surface area contributed by atoms with Crippen LogP contribution in [0.1, 0.15) is 28.8 Å². The fourth-order valence-electron chi connectivity index (χ4n) is 3.94. The third-order valence-electron chi connectivity index (χ3n) is 5.24. The summed E-state index contributed by atoms with van der Waals surface area (Å²) in [6, 6.07) is 31.9. The van der Waals surface area contributed by atoms with Gasteiger partial charge in [0, 0.05) is 6.20 Å². The first-order valence-electron chi connectivity index (χ1n) is 9.75. The second-order valence-electron chi connectivity index (χ2n) is 6.97. The van der Waals surface area contributed by atoms with Crippen molar-refractivity contribution in [1.82, 2.24) is 9.55 Å². The average molecular weight is 367 g/mol. The van der Waals surface area contributed by atoms with Crippen LogP contribution in [0, 0.1) is 0 Å². The molecule has 0 unspecified atom stereocenters. The number of hydrogen-bond donors (Lipinski definition) is 1. The normalized spacial score (nSPS) is 11.5. The molecule has 0 radical (unpaired) electrons. The van der Waals surface area contributed by atoms with Gasteiger partial charge >= 0.3 is 0 Å². The minimum Gasteiger partial charge on any atom is -0.330 e. The molecule has 0 bridgehead atoms. The van der Waals surface area contributed by atoms with Crippen LogP contribution < -0.4 is 5.73 Å². The first-order valence-corrected chi connectivity index (χ1v) is 9.75. The number of imidazole rings is 1. The fraction of sp³-hybridized carbons (Fsp3) is 0.160. The first-order chi connectivity index (χ1) is 13.9. The SMILES string of the molecule is NCCCc1cn(C(c2ccccc2)(c2ccccc2)c2ccccc2)cn1. The van der Waals surface area contributed by atoms with Crippen LogP contribution in [-0.2, 0) is 12.0 Å². The smallest absolute Gasteiger partial charge is 0.121 e. The second kappa shape index (κ2) is 8.24. The van der Waals surface area contributed by atoms with Gasteiger partial charge < -0.3 is 10.3 Å². The lowest BCUT2D eigenvalue weighted by molar-refractivity contribution is 0.514. The molecule has 0 aliphatic rings. The Morgan fingerprint density at radius 2 is 1.18 bits per heavy atom.